The van der Waals surface area contributed by atoms with Gasteiger partial charge in [0.1, 0.15) is 0 Å². The van der Waals surface area contributed by atoms with Crippen molar-refractivity contribution in [2.75, 3.05) is 19.6 Å². The van der Waals surface area contributed by atoms with Crippen molar-refractivity contribution in [3.8, 4) is 0 Å². The Kier molecular flexibility index (Phi) is 6.35. The summed E-state index contributed by atoms with van der Waals surface area (Å²) in [7, 11) is 0. The van der Waals surface area contributed by atoms with E-state index in [0.29, 0.717) is 0 Å². The van der Waals surface area contributed by atoms with Crippen LogP contribution >= 0.6 is 0 Å². The van der Waals surface area contributed by atoms with E-state index in [2.05, 4.69) is 45.5 Å². The first-order valence-electron chi connectivity index (χ1n) is 8.95. The van der Waals surface area contributed by atoms with E-state index in [9.17, 15) is 4.79 Å². The number of nitrogens with one attached hydrogen (secondary N) is 1. The van der Waals surface area contributed by atoms with Gasteiger partial charge in [-0.1, -0.05) is 36.4 Å². The van der Waals surface area contributed by atoms with Gasteiger partial charge < -0.3 is 10.2 Å². The molecule has 1 fully saturated rings. The molecule has 1 aliphatic heterocycles. The molecule has 2 heterocycles. The van der Waals surface area contributed by atoms with Crippen LogP contribution < -0.4 is 5.32 Å². The number of amides is 1. The fourth-order valence-corrected chi connectivity index (χ4v) is 3.19. The molecule has 1 aromatic carbocycles. The van der Waals surface area contributed by atoms with Crippen molar-refractivity contribution in [1.82, 2.24) is 15.2 Å². The lowest BCUT2D eigenvalue weighted by Crippen LogP contribution is -2.47. The second kappa shape index (κ2) is 9.14. The molecule has 25 heavy (non-hydrogen) atoms. The van der Waals surface area contributed by atoms with E-state index in [1.54, 1.807) is 18.3 Å². The van der Waals surface area contributed by atoms with Crippen molar-refractivity contribution >= 4 is 12.0 Å². The summed E-state index contributed by atoms with van der Waals surface area (Å²) in [4.78, 5) is 18.8. The highest BCUT2D eigenvalue weighted by atomic mass is 16.1. The Morgan fingerprint density at radius 2 is 2.04 bits per heavy atom. The van der Waals surface area contributed by atoms with Gasteiger partial charge in [-0.3, -0.25) is 9.78 Å². The molecule has 3 rings (SSSR count). The second-order valence-corrected chi connectivity index (χ2v) is 6.47. The normalized spacial score (nSPS) is 18.3. The molecule has 1 saturated heterocycles. The van der Waals surface area contributed by atoms with Crippen LogP contribution in [0.5, 0.6) is 0 Å². The van der Waals surface area contributed by atoms with Crippen LogP contribution in [0.1, 0.15) is 24.1 Å². The van der Waals surface area contributed by atoms with Gasteiger partial charge >= 0.3 is 0 Å². The third-order valence-electron chi connectivity index (χ3n) is 4.50. The van der Waals surface area contributed by atoms with Crippen molar-refractivity contribution in [2.24, 2.45) is 0 Å². The number of pyridine rings is 1. The van der Waals surface area contributed by atoms with E-state index >= 15 is 0 Å². The summed E-state index contributed by atoms with van der Waals surface area (Å²) in [5.74, 6) is -0.0411. The Labute approximate surface area is 149 Å². The summed E-state index contributed by atoms with van der Waals surface area (Å²) in [6.07, 6.45) is 8.29. The molecule has 0 aliphatic carbocycles. The lowest BCUT2D eigenvalue weighted by Gasteiger charge is -2.33. The number of hydrogen-bond acceptors (Lipinski definition) is 3. The van der Waals surface area contributed by atoms with Gasteiger partial charge in [0.15, 0.2) is 0 Å². The molecular weight excluding hydrogens is 310 g/mol. The molecule has 1 atom stereocenters. The smallest absolute Gasteiger partial charge is 0.244 e. The molecule has 130 valence electrons. The highest BCUT2D eigenvalue weighted by Gasteiger charge is 2.20. The summed E-state index contributed by atoms with van der Waals surface area (Å²) in [5.41, 5.74) is 2.16. The first kappa shape index (κ1) is 17.4. The molecule has 0 saturated carbocycles. The molecule has 1 N–H and O–H groups in total. The summed E-state index contributed by atoms with van der Waals surface area (Å²) in [6.45, 7) is 3.08. The molecule has 1 amide bonds. The number of benzene rings is 1. The molecule has 1 aliphatic rings. The Morgan fingerprint density at radius 3 is 2.84 bits per heavy atom. The van der Waals surface area contributed by atoms with Crippen LogP contribution in [0.25, 0.3) is 6.08 Å². The van der Waals surface area contributed by atoms with Crippen LogP contribution in [-0.4, -0.2) is 41.5 Å². The van der Waals surface area contributed by atoms with Crippen LogP contribution in [-0.2, 0) is 11.2 Å². The van der Waals surface area contributed by atoms with Gasteiger partial charge in [0, 0.05) is 31.4 Å². The Hall–Kier alpha value is -2.46. The van der Waals surface area contributed by atoms with E-state index in [0.717, 1.165) is 44.6 Å². The quantitative estimate of drug-likeness (QED) is 0.826. The Bertz CT molecular complexity index is 685. The fourth-order valence-electron chi connectivity index (χ4n) is 3.19. The summed E-state index contributed by atoms with van der Waals surface area (Å²) < 4.78 is 0. The van der Waals surface area contributed by atoms with Crippen LogP contribution in [0.3, 0.4) is 0 Å². The molecule has 0 bridgehead atoms. The number of hydrogen-bond donors (Lipinski definition) is 1. The predicted octanol–water partition coefficient (Wildman–Crippen LogP) is 2.92. The topological polar surface area (TPSA) is 45.2 Å². The molecule has 1 aromatic heterocycles. The average Bonchev–Trinajstić information content (AvgIpc) is 2.67. The lowest BCUT2D eigenvalue weighted by atomic mass is 10.0. The molecule has 0 spiro atoms. The highest BCUT2D eigenvalue weighted by Crippen LogP contribution is 2.11. The maximum Gasteiger partial charge on any atom is 0.244 e. The van der Waals surface area contributed by atoms with Gasteiger partial charge in [0.05, 0.1) is 5.69 Å². The Balaban J connectivity index is 1.45. The first-order valence-corrected chi connectivity index (χ1v) is 8.95. The largest absolute Gasteiger partial charge is 0.349 e. The molecule has 4 nitrogen and oxygen atoms in total. The molecular formula is C21H25N3O. The monoisotopic (exact) mass is 335 g/mol. The number of rotatable bonds is 6. The van der Waals surface area contributed by atoms with Gasteiger partial charge in [-0.2, -0.15) is 0 Å². The maximum atomic E-state index is 12.1. The average molecular weight is 335 g/mol. The standard InChI is InChI=1S/C21H25N3O/c25-21(12-11-19-9-4-5-14-22-19)23-20-10-6-15-24(17-20)16-13-18-7-2-1-3-8-18/h1-5,7-9,11-12,14,20H,6,10,13,15-17H2,(H,23,25)/b12-11+. The molecule has 1 unspecified atom stereocenters. The van der Waals surface area contributed by atoms with Crippen molar-refractivity contribution in [3.05, 3.63) is 72.1 Å². The zero-order valence-corrected chi connectivity index (χ0v) is 14.5. The fraction of sp³-hybridized carbons (Fsp3) is 0.333. The zero-order chi connectivity index (χ0) is 17.3. The van der Waals surface area contributed by atoms with Crippen molar-refractivity contribution in [1.29, 1.82) is 0 Å². The summed E-state index contributed by atoms with van der Waals surface area (Å²) >= 11 is 0. The van der Waals surface area contributed by atoms with E-state index in [-0.39, 0.29) is 11.9 Å². The first-order chi connectivity index (χ1) is 12.3. The third-order valence-corrected chi connectivity index (χ3v) is 4.50. The lowest BCUT2D eigenvalue weighted by molar-refractivity contribution is -0.117. The van der Waals surface area contributed by atoms with Crippen LogP contribution in [0.4, 0.5) is 0 Å². The third kappa shape index (κ3) is 5.84. The Morgan fingerprint density at radius 1 is 1.20 bits per heavy atom. The van der Waals surface area contributed by atoms with Crippen LogP contribution in [0.15, 0.2) is 60.8 Å². The number of likely N-dealkylation sites (tertiary alicyclic amines) is 1. The number of carbonyl (C=O) groups is 1. The van der Waals surface area contributed by atoms with Gasteiger partial charge in [-0.15, -0.1) is 0 Å². The molecule has 4 heteroatoms. The van der Waals surface area contributed by atoms with Gasteiger partial charge in [0.25, 0.3) is 0 Å². The van der Waals surface area contributed by atoms with Crippen LogP contribution in [0, 0.1) is 0 Å². The van der Waals surface area contributed by atoms with Gasteiger partial charge in [-0.25, -0.2) is 0 Å². The minimum atomic E-state index is -0.0411. The molecule has 2 aromatic rings. The van der Waals surface area contributed by atoms with Crippen molar-refractivity contribution in [2.45, 2.75) is 25.3 Å². The van der Waals surface area contributed by atoms with Crippen LogP contribution in [0.2, 0.25) is 0 Å². The second-order valence-electron chi connectivity index (χ2n) is 6.47. The highest BCUT2D eigenvalue weighted by molar-refractivity contribution is 5.91. The summed E-state index contributed by atoms with van der Waals surface area (Å²) in [5, 5.41) is 3.12. The van der Waals surface area contributed by atoms with Crippen molar-refractivity contribution < 1.29 is 4.79 Å². The predicted molar refractivity (Wildman–Crippen MR) is 101 cm³/mol. The zero-order valence-electron chi connectivity index (χ0n) is 14.5. The minimum absolute atomic E-state index is 0.0411. The van der Waals surface area contributed by atoms with E-state index in [4.69, 9.17) is 0 Å². The SMILES string of the molecule is O=C(/C=C/c1ccccn1)NC1CCCN(CCc2ccccc2)C1. The number of nitrogens with zero attached hydrogens (tertiary/aromatic N) is 2. The van der Waals surface area contributed by atoms with Crippen molar-refractivity contribution in [3.63, 3.8) is 0 Å². The van der Waals surface area contributed by atoms with E-state index in [1.807, 2.05) is 18.2 Å². The molecule has 0 radical (unpaired) electrons. The number of aromatic nitrogens is 1. The summed E-state index contributed by atoms with van der Waals surface area (Å²) in [6, 6.07) is 16.5. The number of carbonyl (C=O) groups excluding carboxylic acids is 1. The maximum absolute atomic E-state index is 12.1. The van der Waals surface area contributed by atoms with E-state index < -0.39 is 0 Å². The van der Waals surface area contributed by atoms with Gasteiger partial charge in [-0.05, 0) is 49.6 Å². The minimum Gasteiger partial charge on any atom is -0.349 e. The number of piperidine rings is 1. The van der Waals surface area contributed by atoms with Gasteiger partial charge in [0.2, 0.25) is 5.91 Å². The van der Waals surface area contributed by atoms with E-state index in [1.165, 1.54) is 5.56 Å².